The number of nitrogens with two attached hydrogens (primary N) is 1. The maximum atomic E-state index is 11.7. The first-order valence-electron chi connectivity index (χ1n) is 6.72. The lowest BCUT2D eigenvalue weighted by Crippen LogP contribution is -2.37. The SMILES string of the molecule is NC(=O)C12CCC(CC(=Cc3ccccc3)C1)C2. The molecule has 2 aliphatic rings. The summed E-state index contributed by atoms with van der Waals surface area (Å²) < 4.78 is 0. The normalized spacial score (nSPS) is 32.7. The number of primary amides is 1. The number of rotatable bonds is 2. The molecule has 2 atom stereocenters. The molecule has 0 heterocycles. The van der Waals surface area contributed by atoms with Gasteiger partial charge in [-0.05, 0) is 43.6 Å². The fourth-order valence-electron chi connectivity index (χ4n) is 3.66. The van der Waals surface area contributed by atoms with Crippen LogP contribution in [0.25, 0.3) is 6.08 Å². The summed E-state index contributed by atoms with van der Waals surface area (Å²) in [5.74, 6) is 0.574. The maximum absolute atomic E-state index is 11.7. The van der Waals surface area contributed by atoms with Gasteiger partial charge in [0.05, 0.1) is 5.41 Å². The van der Waals surface area contributed by atoms with Gasteiger partial charge in [0.15, 0.2) is 0 Å². The lowest BCUT2D eigenvalue weighted by Gasteiger charge is -2.31. The van der Waals surface area contributed by atoms with Gasteiger partial charge in [0.25, 0.3) is 0 Å². The summed E-state index contributed by atoms with van der Waals surface area (Å²) in [5.41, 5.74) is 8.02. The number of hydrogen-bond donors (Lipinski definition) is 1. The Morgan fingerprint density at radius 1 is 1.33 bits per heavy atom. The molecule has 1 aromatic rings. The summed E-state index contributed by atoms with van der Waals surface area (Å²) in [5, 5.41) is 0. The fraction of sp³-hybridized carbons (Fsp3) is 0.438. The van der Waals surface area contributed by atoms with Crippen LogP contribution in [0, 0.1) is 11.3 Å². The molecule has 2 saturated carbocycles. The predicted molar refractivity (Wildman–Crippen MR) is 72.6 cm³/mol. The van der Waals surface area contributed by atoms with Crippen LogP contribution in [0.4, 0.5) is 0 Å². The Kier molecular flexibility index (Phi) is 2.73. The molecule has 0 saturated heterocycles. The van der Waals surface area contributed by atoms with E-state index in [1.165, 1.54) is 11.1 Å². The van der Waals surface area contributed by atoms with Crippen LogP contribution in [0.3, 0.4) is 0 Å². The van der Waals surface area contributed by atoms with E-state index in [1.54, 1.807) is 0 Å². The number of carbonyl (C=O) groups is 1. The first kappa shape index (κ1) is 11.5. The zero-order valence-electron chi connectivity index (χ0n) is 10.6. The molecule has 0 aliphatic heterocycles. The molecular formula is C16H19NO. The fourth-order valence-corrected chi connectivity index (χ4v) is 3.66. The van der Waals surface area contributed by atoms with Crippen LogP contribution in [0.15, 0.2) is 35.9 Å². The van der Waals surface area contributed by atoms with E-state index in [4.69, 9.17) is 5.73 Å². The number of benzene rings is 1. The Hall–Kier alpha value is -1.57. The first-order valence-corrected chi connectivity index (χ1v) is 6.72. The van der Waals surface area contributed by atoms with Crippen molar-refractivity contribution in [3.63, 3.8) is 0 Å². The third-order valence-corrected chi connectivity index (χ3v) is 4.52. The molecule has 0 spiro atoms. The molecular weight excluding hydrogens is 222 g/mol. The van der Waals surface area contributed by atoms with Crippen LogP contribution in [0.1, 0.15) is 37.7 Å². The smallest absolute Gasteiger partial charge is 0.223 e. The Morgan fingerprint density at radius 3 is 2.83 bits per heavy atom. The van der Waals surface area contributed by atoms with E-state index in [1.807, 2.05) is 18.2 Å². The standard InChI is InChI=1S/C16H19NO/c17-15(18)16-7-6-13(10-16)9-14(11-16)8-12-4-2-1-3-5-12/h1-5,8,13H,6-7,9-11H2,(H2,17,18). The Morgan fingerprint density at radius 2 is 2.11 bits per heavy atom. The van der Waals surface area contributed by atoms with E-state index >= 15 is 0 Å². The highest BCUT2D eigenvalue weighted by atomic mass is 16.1. The Labute approximate surface area is 108 Å². The van der Waals surface area contributed by atoms with Crippen LogP contribution in [0.5, 0.6) is 0 Å². The van der Waals surface area contributed by atoms with Gasteiger partial charge >= 0.3 is 0 Å². The molecule has 2 heteroatoms. The number of hydrogen-bond acceptors (Lipinski definition) is 1. The van der Waals surface area contributed by atoms with Gasteiger partial charge in [0, 0.05) is 0 Å². The van der Waals surface area contributed by atoms with Crippen molar-refractivity contribution in [1.29, 1.82) is 0 Å². The molecule has 3 rings (SSSR count). The summed E-state index contributed by atoms with van der Waals surface area (Å²) in [6.07, 6.45) is 7.41. The second-order valence-electron chi connectivity index (χ2n) is 5.85. The topological polar surface area (TPSA) is 43.1 Å². The van der Waals surface area contributed by atoms with Gasteiger partial charge in [0.1, 0.15) is 0 Å². The average Bonchev–Trinajstić information content (AvgIpc) is 2.68. The van der Waals surface area contributed by atoms with Gasteiger partial charge in [-0.2, -0.15) is 0 Å². The van der Waals surface area contributed by atoms with E-state index in [0.717, 1.165) is 32.1 Å². The van der Waals surface area contributed by atoms with Gasteiger partial charge in [-0.15, -0.1) is 0 Å². The molecule has 2 aliphatic carbocycles. The minimum atomic E-state index is -0.233. The van der Waals surface area contributed by atoms with E-state index in [0.29, 0.717) is 5.92 Å². The minimum absolute atomic E-state index is 0.0938. The van der Waals surface area contributed by atoms with E-state index in [2.05, 4.69) is 18.2 Å². The quantitative estimate of drug-likeness (QED) is 0.849. The third kappa shape index (κ3) is 1.96. The molecule has 2 nitrogen and oxygen atoms in total. The first-order chi connectivity index (χ1) is 8.68. The molecule has 0 radical (unpaired) electrons. The summed E-state index contributed by atoms with van der Waals surface area (Å²) in [4.78, 5) is 11.7. The van der Waals surface area contributed by atoms with Crippen LogP contribution >= 0.6 is 0 Å². The van der Waals surface area contributed by atoms with Crippen molar-refractivity contribution < 1.29 is 4.79 Å². The van der Waals surface area contributed by atoms with Crippen molar-refractivity contribution in [1.82, 2.24) is 0 Å². The van der Waals surface area contributed by atoms with Crippen LogP contribution in [-0.4, -0.2) is 5.91 Å². The summed E-state index contributed by atoms with van der Waals surface area (Å²) in [6.45, 7) is 0. The van der Waals surface area contributed by atoms with Crippen molar-refractivity contribution in [2.24, 2.45) is 17.1 Å². The molecule has 2 N–H and O–H groups in total. The molecule has 94 valence electrons. The number of fused-ring (bicyclic) bond motifs is 2. The van der Waals surface area contributed by atoms with Crippen LogP contribution < -0.4 is 5.73 Å². The monoisotopic (exact) mass is 241 g/mol. The van der Waals surface area contributed by atoms with Crippen molar-refractivity contribution in [3.8, 4) is 0 Å². The van der Waals surface area contributed by atoms with Gasteiger partial charge in [0.2, 0.25) is 5.91 Å². The van der Waals surface area contributed by atoms with Crippen molar-refractivity contribution in [3.05, 3.63) is 41.5 Å². The van der Waals surface area contributed by atoms with Gasteiger partial charge in [-0.1, -0.05) is 42.0 Å². The van der Waals surface area contributed by atoms with Crippen molar-refractivity contribution in [2.75, 3.05) is 0 Å². The van der Waals surface area contributed by atoms with E-state index in [-0.39, 0.29) is 11.3 Å². The van der Waals surface area contributed by atoms with Crippen LogP contribution in [-0.2, 0) is 4.79 Å². The number of allylic oxidation sites excluding steroid dienone is 1. The van der Waals surface area contributed by atoms with Gasteiger partial charge in [-0.25, -0.2) is 0 Å². The molecule has 1 amide bonds. The van der Waals surface area contributed by atoms with Crippen molar-refractivity contribution >= 4 is 12.0 Å². The number of amides is 1. The largest absolute Gasteiger partial charge is 0.369 e. The van der Waals surface area contributed by atoms with E-state index in [9.17, 15) is 4.79 Å². The highest BCUT2D eigenvalue weighted by molar-refractivity contribution is 5.82. The molecule has 2 fully saturated rings. The zero-order chi connectivity index (χ0) is 12.6. The van der Waals surface area contributed by atoms with Crippen molar-refractivity contribution in [2.45, 2.75) is 32.1 Å². The molecule has 2 bridgehead atoms. The number of carbonyl (C=O) groups excluding carboxylic acids is 1. The third-order valence-electron chi connectivity index (χ3n) is 4.52. The zero-order valence-corrected chi connectivity index (χ0v) is 10.6. The molecule has 0 aromatic heterocycles. The Bertz CT molecular complexity index is 491. The average molecular weight is 241 g/mol. The van der Waals surface area contributed by atoms with E-state index < -0.39 is 0 Å². The molecule has 1 aromatic carbocycles. The predicted octanol–water partition coefficient (Wildman–Crippen LogP) is 3.14. The highest BCUT2D eigenvalue weighted by Crippen LogP contribution is 2.53. The maximum Gasteiger partial charge on any atom is 0.223 e. The minimum Gasteiger partial charge on any atom is -0.369 e. The molecule has 2 unspecified atom stereocenters. The Balaban J connectivity index is 1.88. The van der Waals surface area contributed by atoms with Crippen LogP contribution in [0.2, 0.25) is 0 Å². The second-order valence-corrected chi connectivity index (χ2v) is 5.85. The molecule has 18 heavy (non-hydrogen) atoms. The summed E-state index contributed by atoms with van der Waals surface area (Å²) in [6, 6.07) is 10.3. The lowest BCUT2D eigenvalue weighted by atomic mass is 9.72. The highest BCUT2D eigenvalue weighted by Gasteiger charge is 2.47. The van der Waals surface area contributed by atoms with Gasteiger partial charge in [-0.3, -0.25) is 4.79 Å². The second kappa shape index (κ2) is 4.27. The summed E-state index contributed by atoms with van der Waals surface area (Å²) >= 11 is 0. The summed E-state index contributed by atoms with van der Waals surface area (Å²) in [7, 11) is 0. The lowest BCUT2D eigenvalue weighted by molar-refractivity contribution is -0.127. The van der Waals surface area contributed by atoms with Gasteiger partial charge < -0.3 is 5.73 Å².